The molecule has 0 atom stereocenters. The van der Waals surface area contributed by atoms with Crippen molar-refractivity contribution in [3.05, 3.63) is 22.9 Å². The van der Waals surface area contributed by atoms with Gasteiger partial charge in [0.2, 0.25) is 0 Å². The molecule has 2 rings (SSSR count). The molecule has 1 aliphatic carbocycles. The van der Waals surface area contributed by atoms with Gasteiger partial charge < -0.3 is 0 Å². The molecule has 0 N–H and O–H groups in total. The summed E-state index contributed by atoms with van der Waals surface area (Å²) in [5.41, 5.74) is 0.156. The van der Waals surface area contributed by atoms with Crippen molar-refractivity contribution >= 4 is 0 Å². The van der Waals surface area contributed by atoms with Crippen LogP contribution in [0, 0.1) is 5.92 Å². The first kappa shape index (κ1) is 10.5. The minimum absolute atomic E-state index is 0.156. The van der Waals surface area contributed by atoms with Gasteiger partial charge in [0.05, 0.1) is 0 Å². The molecule has 1 heterocycles. The van der Waals surface area contributed by atoms with E-state index in [1.807, 2.05) is 23.9 Å². The molecule has 3 heteroatoms. The molecule has 0 saturated heterocycles. The van der Waals surface area contributed by atoms with E-state index in [0.717, 1.165) is 19.0 Å². The summed E-state index contributed by atoms with van der Waals surface area (Å²) in [5.74, 6) is 0.726. The number of hydrogen-bond donors (Lipinski definition) is 0. The average Bonchev–Trinajstić information content (AvgIpc) is 2.62. The highest BCUT2D eigenvalue weighted by molar-refractivity contribution is 4.82. The number of hydrogen-bond acceptors (Lipinski definition) is 1. The van der Waals surface area contributed by atoms with Crippen LogP contribution in [-0.4, -0.2) is 9.13 Å². The third kappa shape index (κ3) is 2.33. The number of aryl methyl sites for hydroxylation is 1. The molecular weight excluding hydrogens is 188 g/mol. The Morgan fingerprint density at radius 3 is 2.47 bits per heavy atom. The fraction of sp³-hybridized carbons (Fsp3) is 0.750. The van der Waals surface area contributed by atoms with Gasteiger partial charge in [0.15, 0.2) is 0 Å². The lowest BCUT2D eigenvalue weighted by molar-refractivity contribution is 0.315. The van der Waals surface area contributed by atoms with Crippen molar-refractivity contribution < 1.29 is 0 Å². The van der Waals surface area contributed by atoms with Gasteiger partial charge in [0.1, 0.15) is 0 Å². The van der Waals surface area contributed by atoms with Crippen molar-refractivity contribution in [1.82, 2.24) is 9.13 Å². The van der Waals surface area contributed by atoms with Crippen LogP contribution in [0.2, 0.25) is 0 Å². The van der Waals surface area contributed by atoms with Gasteiger partial charge in [-0.25, -0.2) is 4.79 Å². The molecule has 15 heavy (non-hydrogen) atoms. The largest absolute Gasteiger partial charge is 0.328 e. The Bertz CT molecular complexity index is 358. The van der Waals surface area contributed by atoms with Crippen LogP contribution in [0.5, 0.6) is 0 Å². The van der Waals surface area contributed by atoms with Gasteiger partial charge in [-0.1, -0.05) is 19.3 Å². The third-order valence-corrected chi connectivity index (χ3v) is 3.44. The van der Waals surface area contributed by atoms with E-state index in [2.05, 4.69) is 0 Å². The molecule has 0 radical (unpaired) electrons. The van der Waals surface area contributed by atoms with Crippen molar-refractivity contribution in [1.29, 1.82) is 0 Å². The van der Waals surface area contributed by atoms with E-state index in [9.17, 15) is 4.79 Å². The van der Waals surface area contributed by atoms with E-state index in [-0.39, 0.29) is 5.69 Å². The van der Waals surface area contributed by atoms with Crippen LogP contribution < -0.4 is 5.69 Å². The Morgan fingerprint density at radius 1 is 1.20 bits per heavy atom. The molecule has 1 fully saturated rings. The van der Waals surface area contributed by atoms with Crippen LogP contribution in [0.3, 0.4) is 0 Å². The fourth-order valence-electron chi connectivity index (χ4n) is 2.48. The van der Waals surface area contributed by atoms with E-state index in [4.69, 9.17) is 0 Å². The van der Waals surface area contributed by atoms with E-state index < -0.39 is 0 Å². The molecule has 0 aromatic carbocycles. The molecule has 3 nitrogen and oxygen atoms in total. The lowest BCUT2D eigenvalue weighted by Crippen LogP contribution is -2.26. The number of rotatable bonds is 3. The second-order valence-corrected chi connectivity index (χ2v) is 4.52. The van der Waals surface area contributed by atoms with E-state index in [0.29, 0.717) is 0 Å². The summed E-state index contributed by atoms with van der Waals surface area (Å²) in [6, 6.07) is 0. The predicted molar refractivity (Wildman–Crippen MR) is 60.9 cm³/mol. The van der Waals surface area contributed by atoms with Crippen LogP contribution >= 0.6 is 0 Å². The molecule has 1 aromatic rings. The quantitative estimate of drug-likeness (QED) is 0.748. The highest BCUT2D eigenvalue weighted by Crippen LogP contribution is 2.24. The van der Waals surface area contributed by atoms with Gasteiger partial charge in [-0.3, -0.25) is 9.13 Å². The average molecular weight is 208 g/mol. The maximum Gasteiger partial charge on any atom is 0.328 e. The molecule has 1 aliphatic rings. The summed E-state index contributed by atoms with van der Waals surface area (Å²) < 4.78 is 3.64. The second kappa shape index (κ2) is 4.69. The SMILES string of the molecule is CCn1ccn(CC2CCCCC2)c1=O. The summed E-state index contributed by atoms with van der Waals surface area (Å²) >= 11 is 0. The van der Waals surface area contributed by atoms with Gasteiger partial charge in [-0.05, 0) is 25.7 Å². The van der Waals surface area contributed by atoms with E-state index in [1.165, 1.54) is 32.1 Å². The zero-order valence-corrected chi connectivity index (χ0v) is 9.48. The zero-order chi connectivity index (χ0) is 10.7. The second-order valence-electron chi connectivity index (χ2n) is 4.52. The summed E-state index contributed by atoms with van der Waals surface area (Å²) in [6.45, 7) is 3.70. The van der Waals surface area contributed by atoms with Crippen LogP contribution in [-0.2, 0) is 13.1 Å². The molecule has 0 aliphatic heterocycles. The molecule has 0 unspecified atom stereocenters. The molecule has 0 bridgehead atoms. The predicted octanol–water partition coefficient (Wildman–Crippen LogP) is 2.25. The minimum atomic E-state index is 0.156. The van der Waals surface area contributed by atoms with Gasteiger partial charge in [-0.2, -0.15) is 0 Å². The van der Waals surface area contributed by atoms with Crippen molar-refractivity contribution in [2.75, 3.05) is 0 Å². The summed E-state index contributed by atoms with van der Waals surface area (Å²) in [7, 11) is 0. The van der Waals surface area contributed by atoms with Crippen LogP contribution in [0.15, 0.2) is 17.2 Å². The monoisotopic (exact) mass is 208 g/mol. The molecule has 0 amide bonds. The Labute approximate surface area is 90.7 Å². The topological polar surface area (TPSA) is 26.9 Å². The Kier molecular flexibility index (Phi) is 3.29. The first-order valence-electron chi connectivity index (χ1n) is 6.07. The fourth-order valence-corrected chi connectivity index (χ4v) is 2.48. The Hall–Kier alpha value is -0.990. The lowest BCUT2D eigenvalue weighted by Gasteiger charge is -2.21. The Morgan fingerprint density at radius 2 is 1.87 bits per heavy atom. The molecular formula is C12H20N2O. The van der Waals surface area contributed by atoms with Crippen LogP contribution in [0.1, 0.15) is 39.0 Å². The number of aromatic nitrogens is 2. The first-order valence-corrected chi connectivity index (χ1v) is 6.07. The standard InChI is InChI=1S/C12H20N2O/c1-2-13-8-9-14(12(13)15)10-11-6-4-3-5-7-11/h8-9,11H,2-7,10H2,1H3. The minimum Gasteiger partial charge on any atom is -0.300 e. The zero-order valence-electron chi connectivity index (χ0n) is 9.48. The van der Waals surface area contributed by atoms with Crippen molar-refractivity contribution in [3.8, 4) is 0 Å². The van der Waals surface area contributed by atoms with Gasteiger partial charge in [0.25, 0.3) is 0 Å². The summed E-state index contributed by atoms with van der Waals surface area (Å²) in [5, 5.41) is 0. The lowest BCUT2D eigenvalue weighted by atomic mass is 9.89. The Balaban J connectivity index is 2.03. The molecule has 1 saturated carbocycles. The van der Waals surface area contributed by atoms with Crippen molar-refractivity contribution in [3.63, 3.8) is 0 Å². The normalized spacial score (nSPS) is 18.2. The highest BCUT2D eigenvalue weighted by atomic mass is 16.1. The smallest absolute Gasteiger partial charge is 0.300 e. The van der Waals surface area contributed by atoms with E-state index in [1.54, 1.807) is 4.57 Å². The van der Waals surface area contributed by atoms with Gasteiger partial charge in [-0.15, -0.1) is 0 Å². The van der Waals surface area contributed by atoms with Gasteiger partial charge in [0, 0.05) is 25.5 Å². The van der Waals surface area contributed by atoms with Gasteiger partial charge >= 0.3 is 5.69 Å². The third-order valence-electron chi connectivity index (χ3n) is 3.44. The van der Waals surface area contributed by atoms with Crippen LogP contribution in [0.25, 0.3) is 0 Å². The maximum absolute atomic E-state index is 11.8. The number of imidazole rings is 1. The maximum atomic E-state index is 11.8. The summed E-state index contributed by atoms with van der Waals surface area (Å²) in [4.78, 5) is 11.8. The van der Waals surface area contributed by atoms with Crippen molar-refractivity contribution in [2.24, 2.45) is 5.92 Å². The van der Waals surface area contributed by atoms with Crippen LogP contribution in [0.4, 0.5) is 0 Å². The molecule has 84 valence electrons. The molecule has 0 spiro atoms. The summed E-state index contributed by atoms with van der Waals surface area (Å²) in [6.07, 6.45) is 10.5. The van der Waals surface area contributed by atoms with Crippen molar-refractivity contribution in [2.45, 2.75) is 52.1 Å². The number of nitrogens with zero attached hydrogens (tertiary/aromatic N) is 2. The first-order chi connectivity index (χ1) is 7.31. The highest BCUT2D eigenvalue weighted by Gasteiger charge is 2.15. The van der Waals surface area contributed by atoms with E-state index >= 15 is 0 Å². The molecule has 1 aromatic heterocycles.